The zero-order valence-corrected chi connectivity index (χ0v) is 9.37. The quantitative estimate of drug-likeness (QED) is 0.384. The summed E-state index contributed by atoms with van der Waals surface area (Å²) in [5.74, 6) is -0.146. The van der Waals surface area contributed by atoms with E-state index in [0.717, 1.165) is 0 Å². The summed E-state index contributed by atoms with van der Waals surface area (Å²) in [4.78, 5) is 21.0. The van der Waals surface area contributed by atoms with Crippen LogP contribution in [-0.4, -0.2) is 34.5 Å². The van der Waals surface area contributed by atoms with E-state index in [1.807, 2.05) is 0 Å². The Morgan fingerprint density at radius 1 is 1.57 bits per heavy atom. The van der Waals surface area contributed by atoms with Crippen molar-refractivity contribution in [1.29, 1.82) is 0 Å². The molecule has 0 N–H and O–H groups in total. The van der Waals surface area contributed by atoms with E-state index in [1.54, 1.807) is 13.8 Å². The predicted molar refractivity (Wildman–Crippen MR) is 55.0 cm³/mol. The molecule has 0 aromatic heterocycles. The normalized spacial score (nSPS) is 14.5. The molecule has 0 amide bonds. The molecule has 0 bridgehead atoms. The highest BCUT2D eigenvalue weighted by atomic mass is 32.2. The maximum absolute atomic E-state index is 10.9. The van der Waals surface area contributed by atoms with Gasteiger partial charge in [0.25, 0.3) is 0 Å². The van der Waals surface area contributed by atoms with E-state index in [2.05, 4.69) is 0 Å². The summed E-state index contributed by atoms with van der Waals surface area (Å²) in [5.41, 5.74) is 0. The Hall–Kier alpha value is -0.780. The van der Waals surface area contributed by atoms with Gasteiger partial charge < -0.3 is 4.74 Å². The summed E-state index contributed by atoms with van der Waals surface area (Å²) >= 11 is 1.24. The molecule has 0 fully saturated rings. The number of carbonyl (C=O) groups is 1. The highest BCUT2D eigenvalue weighted by Gasteiger charge is 2.23. The molecule has 0 aliphatic heterocycles. The van der Waals surface area contributed by atoms with Crippen LogP contribution in [0.4, 0.5) is 0 Å². The van der Waals surface area contributed by atoms with Crippen molar-refractivity contribution in [2.24, 2.45) is 0 Å². The highest BCUT2D eigenvalue weighted by molar-refractivity contribution is 8.00. The molecule has 6 heteroatoms. The number of nitrogens with zero attached hydrogens (tertiary/aromatic N) is 1. The van der Waals surface area contributed by atoms with E-state index in [9.17, 15) is 14.9 Å². The molecule has 0 saturated heterocycles. The van der Waals surface area contributed by atoms with E-state index >= 15 is 0 Å². The number of hydrogen-bond donors (Lipinski definition) is 0. The Bertz CT molecular complexity index is 210. The minimum atomic E-state index is -0.644. The van der Waals surface area contributed by atoms with E-state index in [0.29, 0.717) is 6.61 Å². The van der Waals surface area contributed by atoms with Crippen molar-refractivity contribution >= 4 is 17.7 Å². The van der Waals surface area contributed by atoms with Crippen molar-refractivity contribution in [2.75, 3.05) is 12.4 Å². The summed E-state index contributed by atoms with van der Waals surface area (Å²) in [6, 6.07) is -0.644. The van der Waals surface area contributed by atoms with Crippen molar-refractivity contribution in [3.63, 3.8) is 0 Å². The molecular formula is C8H15NO4S. The van der Waals surface area contributed by atoms with Crippen LogP contribution in [0, 0.1) is 10.1 Å². The van der Waals surface area contributed by atoms with Gasteiger partial charge in [0.1, 0.15) is 0 Å². The van der Waals surface area contributed by atoms with Gasteiger partial charge in [0.15, 0.2) is 0 Å². The molecule has 0 spiro atoms. The standard InChI is InChI=1S/C8H15NO4S/c1-4-13-8(10)5-14-7(3)6(2)9(11)12/h6-7H,4-5H2,1-3H3. The average molecular weight is 221 g/mol. The van der Waals surface area contributed by atoms with Crippen LogP contribution in [0.3, 0.4) is 0 Å². The third-order valence-electron chi connectivity index (χ3n) is 1.78. The zero-order chi connectivity index (χ0) is 11.1. The van der Waals surface area contributed by atoms with Crippen molar-refractivity contribution in [3.8, 4) is 0 Å². The van der Waals surface area contributed by atoms with Crippen LogP contribution in [0.5, 0.6) is 0 Å². The first-order valence-corrected chi connectivity index (χ1v) is 5.44. The minimum absolute atomic E-state index is 0.174. The smallest absolute Gasteiger partial charge is 0.315 e. The minimum Gasteiger partial charge on any atom is -0.465 e. The van der Waals surface area contributed by atoms with Crippen molar-refractivity contribution in [1.82, 2.24) is 0 Å². The van der Waals surface area contributed by atoms with Gasteiger partial charge in [0.2, 0.25) is 6.04 Å². The fraction of sp³-hybridized carbons (Fsp3) is 0.875. The highest BCUT2D eigenvalue weighted by Crippen LogP contribution is 2.16. The monoisotopic (exact) mass is 221 g/mol. The van der Waals surface area contributed by atoms with Gasteiger partial charge >= 0.3 is 5.97 Å². The van der Waals surface area contributed by atoms with E-state index < -0.39 is 6.04 Å². The maximum Gasteiger partial charge on any atom is 0.315 e. The molecular weight excluding hydrogens is 206 g/mol. The van der Waals surface area contributed by atoms with Crippen LogP contribution < -0.4 is 0 Å². The number of carbonyl (C=O) groups excluding carboxylic acids is 1. The zero-order valence-electron chi connectivity index (χ0n) is 8.56. The van der Waals surface area contributed by atoms with Crippen LogP contribution in [0.2, 0.25) is 0 Å². The third kappa shape index (κ3) is 5.06. The molecule has 2 atom stereocenters. The second kappa shape index (κ2) is 6.64. The van der Waals surface area contributed by atoms with Gasteiger partial charge in [0, 0.05) is 11.8 Å². The number of rotatable bonds is 6. The number of nitro groups is 1. The fourth-order valence-corrected chi connectivity index (χ4v) is 1.57. The summed E-state index contributed by atoms with van der Waals surface area (Å²) < 4.78 is 4.70. The van der Waals surface area contributed by atoms with Gasteiger partial charge in [-0.2, -0.15) is 0 Å². The topological polar surface area (TPSA) is 69.4 Å². The molecule has 0 aromatic rings. The lowest BCUT2D eigenvalue weighted by Crippen LogP contribution is -2.26. The molecule has 82 valence electrons. The van der Waals surface area contributed by atoms with Gasteiger partial charge in [-0.1, -0.05) is 0 Å². The largest absolute Gasteiger partial charge is 0.465 e. The molecule has 0 radical (unpaired) electrons. The Balaban J connectivity index is 3.78. The van der Waals surface area contributed by atoms with Gasteiger partial charge in [-0.3, -0.25) is 14.9 Å². The third-order valence-corrected chi connectivity index (χ3v) is 3.10. The fourth-order valence-electron chi connectivity index (χ4n) is 0.713. The lowest BCUT2D eigenvalue weighted by molar-refractivity contribution is -0.516. The van der Waals surface area contributed by atoms with Gasteiger partial charge in [0.05, 0.1) is 17.6 Å². The van der Waals surface area contributed by atoms with Gasteiger partial charge in [-0.15, -0.1) is 11.8 Å². The van der Waals surface area contributed by atoms with Crippen molar-refractivity contribution in [3.05, 3.63) is 10.1 Å². The van der Waals surface area contributed by atoms with Gasteiger partial charge in [-0.25, -0.2) is 0 Å². The molecule has 0 saturated carbocycles. The average Bonchev–Trinajstić information content (AvgIpc) is 2.13. The number of hydrogen-bond acceptors (Lipinski definition) is 5. The Kier molecular flexibility index (Phi) is 6.27. The first kappa shape index (κ1) is 13.2. The molecule has 0 rings (SSSR count). The lowest BCUT2D eigenvalue weighted by atomic mass is 10.3. The summed E-state index contributed by atoms with van der Waals surface area (Å²) in [6.07, 6.45) is 0. The van der Waals surface area contributed by atoms with Crippen LogP contribution >= 0.6 is 11.8 Å². The lowest BCUT2D eigenvalue weighted by Gasteiger charge is -2.11. The van der Waals surface area contributed by atoms with Crippen LogP contribution in [0.15, 0.2) is 0 Å². The van der Waals surface area contributed by atoms with Crippen LogP contribution in [0.1, 0.15) is 20.8 Å². The number of ether oxygens (including phenoxy) is 1. The van der Waals surface area contributed by atoms with E-state index in [1.165, 1.54) is 18.7 Å². The Morgan fingerprint density at radius 2 is 2.14 bits per heavy atom. The second-order valence-corrected chi connectivity index (χ2v) is 4.21. The number of esters is 1. The summed E-state index contributed by atoms with van der Waals surface area (Å²) in [7, 11) is 0. The summed E-state index contributed by atoms with van der Waals surface area (Å²) in [5, 5.41) is 10.2. The Labute approximate surface area is 87.3 Å². The summed E-state index contributed by atoms with van der Waals surface area (Å²) in [6.45, 7) is 5.34. The van der Waals surface area contributed by atoms with E-state index in [4.69, 9.17) is 4.74 Å². The first-order chi connectivity index (χ1) is 6.49. The van der Waals surface area contributed by atoms with Crippen LogP contribution in [-0.2, 0) is 9.53 Å². The molecule has 0 heterocycles. The molecule has 2 unspecified atom stereocenters. The van der Waals surface area contributed by atoms with E-state index in [-0.39, 0.29) is 21.9 Å². The maximum atomic E-state index is 10.9. The molecule has 14 heavy (non-hydrogen) atoms. The second-order valence-electron chi connectivity index (χ2n) is 2.85. The molecule has 0 aliphatic carbocycles. The molecule has 5 nitrogen and oxygen atoms in total. The predicted octanol–water partition coefficient (Wildman–Crippen LogP) is 1.34. The molecule has 0 aromatic carbocycles. The van der Waals surface area contributed by atoms with Crippen molar-refractivity contribution < 1.29 is 14.5 Å². The van der Waals surface area contributed by atoms with Crippen molar-refractivity contribution in [2.45, 2.75) is 32.1 Å². The Morgan fingerprint density at radius 3 is 2.57 bits per heavy atom. The first-order valence-electron chi connectivity index (χ1n) is 4.39. The number of thioether (sulfide) groups is 1. The SMILES string of the molecule is CCOC(=O)CSC(C)C(C)[N+](=O)[O-]. The van der Waals surface area contributed by atoms with Crippen LogP contribution in [0.25, 0.3) is 0 Å². The van der Waals surface area contributed by atoms with Gasteiger partial charge in [-0.05, 0) is 13.8 Å². The molecule has 0 aliphatic rings.